The molecular weight excluding hydrogens is 319 g/mol. The smallest absolute Gasteiger partial charge is 0.223 e. The van der Waals surface area contributed by atoms with Gasteiger partial charge >= 0.3 is 0 Å². The topological polar surface area (TPSA) is 48.5 Å². The Labute approximate surface area is 136 Å². The van der Waals surface area contributed by atoms with Gasteiger partial charge in [0, 0.05) is 50.7 Å². The summed E-state index contributed by atoms with van der Waals surface area (Å²) in [6, 6.07) is 0. The molecule has 1 fully saturated rings. The fourth-order valence-electron chi connectivity index (χ4n) is 2.12. The Kier molecular flexibility index (Phi) is 9.92. The summed E-state index contributed by atoms with van der Waals surface area (Å²) >= 11 is 1.66. The minimum absolute atomic E-state index is 0. The highest BCUT2D eigenvalue weighted by Gasteiger charge is 2.19. The lowest BCUT2D eigenvalue weighted by Gasteiger charge is -2.21. The van der Waals surface area contributed by atoms with Crippen LogP contribution in [0.5, 0.6) is 0 Å². The number of rotatable bonds is 4. The quantitative estimate of drug-likeness (QED) is 0.905. The van der Waals surface area contributed by atoms with Crippen LogP contribution < -0.4 is 10.2 Å². The summed E-state index contributed by atoms with van der Waals surface area (Å²) in [7, 11) is 1.87. The van der Waals surface area contributed by atoms with Gasteiger partial charge in [-0.3, -0.25) is 4.79 Å². The molecule has 0 saturated carbocycles. The van der Waals surface area contributed by atoms with E-state index in [0.29, 0.717) is 6.42 Å². The molecule has 0 aromatic carbocycles. The number of hydrogen-bond acceptors (Lipinski definition) is 5. The van der Waals surface area contributed by atoms with Gasteiger partial charge in [0.2, 0.25) is 5.91 Å². The second-order valence-electron chi connectivity index (χ2n) is 4.39. The van der Waals surface area contributed by atoms with Gasteiger partial charge in [0.05, 0.1) is 0 Å². The van der Waals surface area contributed by atoms with Crippen molar-refractivity contribution in [2.75, 3.05) is 44.7 Å². The maximum atomic E-state index is 12.0. The molecule has 0 atom stereocenters. The Balaban J connectivity index is 0.00000180. The van der Waals surface area contributed by atoms with Crippen molar-refractivity contribution in [2.45, 2.75) is 12.8 Å². The number of nitrogens with one attached hydrogen (secondary N) is 1. The van der Waals surface area contributed by atoms with Crippen LogP contribution in [-0.2, 0) is 4.79 Å². The standard InChI is InChI=1S/C12H20N4OS.2ClH/c1-13-4-3-11(17)15-6-2-7-16(9-8-15)12-14-5-10-18-12;;/h5,10,13H,2-4,6-9H2,1H3;2*1H. The summed E-state index contributed by atoms with van der Waals surface area (Å²) in [6.45, 7) is 4.31. The third-order valence-corrected chi connectivity index (χ3v) is 3.96. The lowest BCUT2D eigenvalue weighted by molar-refractivity contribution is -0.130. The third-order valence-electron chi connectivity index (χ3n) is 3.13. The largest absolute Gasteiger partial charge is 0.346 e. The Morgan fingerprint density at radius 3 is 2.80 bits per heavy atom. The summed E-state index contributed by atoms with van der Waals surface area (Å²) in [5.41, 5.74) is 0. The normalized spacial score (nSPS) is 15.1. The highest BCUT2D eigenvalue weighted by atomic mass is 35.5. The van der Waals surface area contributed by atoms with Gasteiger partial charge in [0.25, 0.3) is 0 Å². The molecule has 0 radical (unpaired) electrons. The summed E-state index contributed by atoms with van der Waals surface area (Å²) < 4.78 is 0. The van der Waals surface area contributed by atoms with Gasteiger partial charge in [-0.05, 0) is 13.5 Å². The molecule has 1 N–H and O–H groups in total. The molecular formula is C12H22Cl2N4OS. The SMILES string of the molecule is CNCCC(=O)N1CCCN(c2nccs2)CC1.Cl.Cl. The molecule has 1 aliphatic heterocycles. The van der Waals surface area contributed by atoms with Crippen LogP contribution in [0.2, 0.25) is 0 Å². The molecule has 8 heteroatoms. The van der Waals surface area contributed by atoms with Crippen LogP contribution in [0.25, 0.3) is 0 Å². The van der Waals surface area contributed by atoms with Crippen LogP contribution in [0.1, 0.15) is 12.8 Å². The maximum absolute atomic E-state index is 12.0. The van der Waals surface area contributed by atoms with E-state index in [1.165, 1.54) is 0 Å². The molecule has 1 aromatic rings. The average molecular weight is 341 g/mol. The van der Waals surface area contributed by atoms with E-state index >= 15 is 0 Å². The maximum Gasteiger partial charge on any atom is 0.223 e. The summed E-state index contributed by atoms with van der Waals surface area (Å²) in [4.78, 5) is 20.5. The van der Waals surface area contributed by atoms with Crippen molar-refractivity contribution in [3.63, 3.8) is 0 Å². The second kappa shape index (κ2) is 10.2. The van der Waals surface area contributed by atoms with Gasteiger partial charge in [-0.1, -0.05) is 0 Å². The Bertz CT molecular complexity index is 378. The van der Waals surface area contributed by atoms with E-state index in [4.69, 9.17) is 0 Å². The van der Waals surface area contributed by atoms with Crippen LogP contribution in [-0.4, -0.2) is 55.6 Å². The minimum atomic E-state index is 0. The Morgan fingerprint density at radius 2 is 2.15 bits per heavy atom. The Morgan fingerprint density at radius 1 is 1.35 bits per heavy atom. The van der Waals surface area contributed by atoms with Gasteiger partial charge in [0.15, 0.2) is 5.13 Å². The average Bonchev–Trinajstić information content (AvgIpc) is 2.80. The van der Waals surface area contributed by atoms with E-state index in [1.807, 2.05) is 23.5 Å². The first-order chi connectivity index (χ1) is 8.81. The zero-order chi connectivity index (χ0) is 12.8. The van der Waals surface area contributed by atoms with Crippen molar-refractivity contribution in [1.29, 1.82) is 0 Å². The number of halogens is 2. The molecule has 1 aromatic heterocycles. The molecule has 5 nitrogen and oxygen atoms in total. The predicted octanol–water partition coefficient (Wildman–Crippen LogP) is 1.63. The van der Waals surface area contributed by atoms with E-state index in [1.54, 1.807) is 11.3 Å². The van der Waals surface area contributed by atoms with Crippen molar-refractivity contribution in [3.05, 3.63) is 11.6 Å². The van der Waals surface area contributed by atoms with E-state index in [0.717, 1.165) is 44.3 Å². The molecule has 2 heterocycles. The third kappa shape index (κ3) is 5.44. The molecule has 1 aliphatic rings. The van der Waals surface area contributed by atoms with Crippen molar-refractivity contribution < 1.29 is 4.79 Å². The second-order valence-corrected chi connectivity index (χ2v) is 5.26. The van der Waals surface area contributed by atoms with Crippen LogP contribution in [0.4, 0.5) is 5.13 Å². The van der Waals surface area contributed by atoms with E-state index in [9.17, 15) is 4.79 Å². The molecule has 1 amide bonds. The summed E-state index contributed by atoms with van der Waals surface area (Å²) in [6.07, 6.45) is 3.44. The lowest BCUT2D eigenvalue weighted by Crippen LogP contribution is -2.36. The number of anilines is 1. The first-order valence-corrected chi connectivity index (χ1v) is 7.26. The van der Waals surface area contributed by atoms with Gasteiger partial charge in [-0.25, -0.2) is 4.98 Å². The number of amides is 1. The summed E-state index contributed by atoms with van der Waals surface area (Å²) in [5, 5.41) is 6.08. The molecule has 1 saturated heterocycles. The number of hydrogen-bond donors (Lipinski definition) is 1. The highest BCUT2D eigenvalue weighted by molar-refractivity contribution is 7.13. The van der Waals surface area contributed by atoms with Crippen molar-refractivity contribution in [1.82, 2.24) is 15.2 Å². The molecule has 0 bridgehead atoms. The van der Waals surface area contributed by atoms with Crippen LogP contribution in [0.3, 0.4) is 0 Å². The van der Waals surface area contributed by atoms with Gasteiger partial charge < -0.3 is 15.1 Å². The van der Waals surface area contributed by atoms with Gasteiger partial charge in [-0.15, -0.1) is 36.2 Å². The molecule has 0 spiro atoms. The fraction of sp³-hybridized carbons (Fsp3) is 0.667. The van der Waals surface area contributed by atoms with E-state index in [2.05, 4.69) is 15.2 Å². The molecule has 20 heavy (non-hydrogen) atoms. The highest BCUT2D eigenvalue weighted by Crippen LogP contribution is 2.19. The Hall–Kier alpha value is -0.560. The van der Waals surface area contributed by atoms with E-state index in [-0.39, 0.29) is 30.7 Å². The number of nitrogens with zero attached hydrogens (tertiary/aromatic N) is 3. The molecule has 2 rings (SSSR count). The van der Waals surface area contributed by atoms with Crippen molar-refractivity contribution in [2.24, 2.45) is 0 Å². The first-order valence-electron chi connectivity index (χ1n) is 6.38. The zero-order valence-corrected chi connectivity index (χ0v) is 14.0. The number of aromatic nitrogens is 1. The lowest BCUT2D eigenvalue weighted by atomic mass is 10.3. The van der Waals surface area contributed by atoms with Crippen LogP contribution in [0, 0.1) is 0 Å². The fourth-order valence-corrected chi connectivity index (χ4v) is 2.82. The van der Waals surface area contributed by atoms with Crippen molar-refractivity contribution in [3.8, 4) is 0 Å². The van der Waals surface area contributed by atoms with Gasteiger partial charge in [-0.2, -0.15) is 0 Å². The predicted molar refractivity (Wildman–Crippen MR) is 88.6 cm³/mol. The summed E-state index contributed by atoms with van der Waals surface area (Å²) in [5.74, 6) is 0.255. The minimum Gasteiger partial charge on any atom is -0.346 e. The van der Waals surface area contributed by atoms with Crippen LogP contribution in [0.15, 0.2) is 11.6 Å². The molecule has 0 aliphatic carbocycles. The van der Waals surface area contributed by atoms with Crippen LogP contribution >= 0.6 is 36.2 Å². The molecule has 116 valence electrons. The monoisotopic (exact) mass is 340 g/mol. The molecule has 0 unspecified atom stereocenters. The number of carbonyl (C=O) groups excluding carboxylic acids is 1. The van der Waals surface area contributed by atoms with Gasteiger partial charge in [0.1, 0.15) is 0 Å². The van der Waals surface area contributed by atoms with Crippen molar-refractivity contribution >= 4 is 47.2 Å². The number of carbonyl (C=O) groups is 1. The first kappa shape index (κ1) is 19.4. The zero-order valence-electron chi connectivity index (χ0n) is 11.6. The number of thiazole rings is 1. The van der Waals surface area contributed by atoms with E-state index < -0.39 is 0 Å².